The normalized spacial score (nSPS) is 19.6. The van der Waals surface area contributed by atoms with E-state index in [2.05, 4.69) is 45.9 Å². The van der Waals surface area contributed by atoms with Crippen LogP contribution in [-0.4, -0.2) is 11.4 Å². The molecular formula is C26H35FO2. The largest absolute Gasteiger partial charge is 0.486 e. The summed E-state index contributed by atoms with van der Waals surface area (Å²) in [5, 5.41) is 0. The first kappa shape index (κ1) is 23.1. The molecule has 0 aliphatic carbocycles. The van der Waals surface area contributed by atoms with Crippen LogP contribution in [0.4, 0.5) is 4.39 Å². The van der Waals surface area contributed by atoms with E-state index in [1.54, 1.807) is 6.07 Å². The van der Waals surface area contributed by atoms with Crippen molar-refractivity contribution in [3.05, 3.63) is 64.5 Å². The molecule has 0 N–H and O–H groups in total. The summed E-state index contributed by atoms with van der Waals surface area (Å²) in [5.41, 5.74) is 4.03. The molecule has 0 spiro atoms. The maximum atomic E-state index is 13.4. The van der Waals surface area contributed by atoms with Crippen LogP contribution in [0.3, 0.4) is 0 Å². The Balaban J connectivity index is 1.80. The molecule has 2 rings (SSSR count). The lowest BCUT2D eigenvalue weighted by atomic mass is 9.87. The Labute approximate surface area is 175 Å². The quantitative estimate of drug-likeness (QED) is 0.397. The predicted molar refractivity (Wildman–Crippen MR) is 119 cm³/mol. The number of carbonyl (C=O) groups is 1. The van der Waals surface area contributed by atoms with Crippen molar-refractivity contribution in [2.75, 3.05) is 0 Å². The molecule has 3 heteroatoms. The van der Waals surface area contributed by atoms with Crippen molar-refractivity contribution in [3.8, 4) is 5.75 Å². The number of carbonyl (C=O) groups excluding carboxylic acids is 1. The minimum Gasteiger partial charge on any atom is -0.486 e. The maximum Gasteiger partial charge on any atom is 0.170 e. The number of fused-ring (bicyclic) bond motifs is 1. The maximum absolute atomic E-state index is 13.4. The molecule has 0 bridgehead atoms. The van der Waals surface area contributed by atoms with Crippen molar-refractivity contribution < 1.29 is 13.9 Å². The Hall–Kier alpha value is -2.16. The van der Waals surface area contributed by atoms with Gasteiger partial charge in [-0.1, -0.05) is 34.9 Å². The van der Waals surface area contributed by atoms with E-state index in [0.717, 1.165) is 38.5 Å². The van der Waals surface area contributed by atoms with Gasteiger partial charge in [-0.15, -0.1) is 0 Å². The highest BCUT2D eigenvalue weighted by Gasteiger charge is 2.36. The molecule has 0 saturated heterocycles. The molecule has 1 heterocycles. The van der Waals surface area contributed by atoms with Crippen molar-refractivity contribution in [2.24, 2.45) is 0 Å². The first-order valence-corrected chi connectivity index (χ1v) is 10.6. The highest BCUT2D eigenvalue weighted by Crippen LogP contribution is 2.36. The molecule has 0 saturated carbocycles. The molecular weight excluding hydrogens is 363 g/mol. The third kappa shape index (κ3) is 7.64. The van der Waals surface area contributed by atoms with Crippen LogP contribution in [0.5, 0.6) is 5.75 Å². The second-order valence-corrected chi connectivity index (χ2v) is 8.79. The van der Waals surface area contributed by atoms with Crippen LogP contribution in [0.1, 0.15) is 89.9 Å². The molecule has 29 heavy (non-hydrogen) atoms. The summed E-state index contributed by atoms with van der Waals surface area (Å²) in [4.78, 5) is 12.4. The third-order valence-electron chi connectivity index (χ3n) is 5.42. The Morgan fingerprint density at radius 1 is 1.03 bits per heavy atom. The fourth-order valence-corrected chi connectivity index (χ4v) is 3.65. The second-order valence-electron chi connectivity index (χ2n) is 8.79. The van der Waals surface area contributed by atoms with Gasteiger partial charge in [0.1, 0.15) is 17.2 Å². The van der Waals surface area contributed by atoms with Crippen LogP contribution < -0.4 is 4.74 Å². The van der Waals surface area contributed by atoms with E-state index < -0.39 is 11.4 Å². The van der Waals surface area contributed by atoms with Crippen molar-refractivity contribution in [1.29, 1.82) is 0 Å². The van der Waals surface area contributed by atoms with Gasteiger partial charge in [0.15, 0.2) is 5.78 Å². The van der Waals surface area contributed by atoms with Gasteiger partial charge in [0.05, 0.1) is 12.0 Å². The highest BCUT2D eigenvalue weighted by atomic mass is 19.1. The van der Waals surface area contributed by atoms with Gasteiger partial charge in [0, 0.05) is 0 Å². The summed E-state index contributed by atoms with van der Waals surface area (Å²) in [6.45, 7) is 10.6. The number of Topliss-reactive ketones (excluding diaryl/α,β-unsaturated/α-hetero) is 1. The van der Waals surface area contributed by atoms with Gasteiger partial charge in [-0.05, 0) is 91.3 Å². The van der Waals surface area contributed by atoms with Gasteiger partial charge in [-0.25, -0.2) is 4.39 Å². The van der Waals surface area contributed by atoms with Crippen LogP contribution in [0, 0.1) is 5.82 Å². The Kier molecular flexibility index (Phi) is 8.43. The summed E-state index contributed by atoms with van der Waals surface area (Å²) in [6.07, 6.45) is 13.2. The summed E-state index contributed by atoms with van der Waals surface area (Å²) in [5.74, 6) is 0.0614. The molecule has 0 amide bonds. The number of benzene rings is 1. The number of rotatable bonds is 9. The zero-order chi connectivity index (χ0) is 21.4. The van der Waals surface area contributed by atoms with Crippen LogP contribution >= 0.6 is 0 Å². The lowest BCUT2D eigenvalue weighted by Crippen LogP contribution is -2.39. The Morgan fingerprint density at radius 3 is 2.31 bits per heavy atom. The van der Waals surface area contributed by atoms with Gasteiger partial charge < -0.3 is 4.74 Å². The number of ketones is 1. The van der Waals surface area contributed by atoms with Crippen molar-refractivity contribution in [1.82, 2.24) is 0 Å². The molecule has 0 fully saturated rings. The minimum atomic E-state index is -0.528. The topological polar surface area (TPSA) is 26.3 Å². The van der Waals surface area contributed by atoms with Gasteiger partial charge >= 0.3 is 0 Å². The van der Waals surface area contributed by atoms with Crippen molar-refractivity contribution >= 4 is 5.78 Å². The molecule has 1 atom stereocenters. The molecule has 0 aromatic heterocycles. The van der Waals surface area contributed by atoms with Crippen LogP contribution in [0.2, 0.25) is 0 Å². The lowest BCUT2D eigenvalue weighted by molar-refractivity contribution is 0.0474. The average Bonchev–Trinajstić information content (AvgIpc) is 2.62. The fourth-order valence-electron chi connectivity index (χ4n) is 3.65. The van der Waals surface area contributed by atoms with Gasteiger partial charge in [0.25, 0.3) is 0 Å². The van der Waals surface area contributed by atoms with E-state index in [1.807, 2.05) is 6.92 Å². The summed E-state index contributed by atoms with van der Waals surface area (Å²) < 4.78 is 19.4. The van der Waals surface area contributed by atoms with E-state index in [0.29, 0.717) is 17.7 Å². The van der Waals surface area contributed by atoms with Gasteiger partial charge in [0.2, 0.25) is 0 Å². The van der Waals surface area contributed by atoms with E-state index in [1.165, 1.54) is 28.9 Å². The van der Waals surface area contributed by atoms with Crippen molar-refractivity contribution in [3.63, 3.8) is 0 Å². The molecule has 1 aliphatic rings. The molecule has 1 aliphatic heterocycles. The van der Waals surface area contributed by atoms with Crippen LogP contribution in [0.15, 0.2) is 53.1 Å². The molecule has 2 nitrogen and oxygen atoms in total. The van der Waals surface area contributed by atoms with Crippen molar-refractivity contribution in [2.45, 2.75) is 85.2 Å². The second kappa shape index (κ2) is 10.6. The average molecular weight is 399 g/mol. The zero-order valence-corrected chi connectivity index (χ0v) is 18.6. The third-order valence-corrected chi connectivity index (χ3v) is 5.42. The molecule has 1 aromatic rings. The van der Waals surface area contributed by atoms with Gasteiger partial charge in [-0.2, -0.15) is 0 Å². The predicted octanol–water partition coefficient (Wildman–Crippen LogP) is 7.75. The Bertz CT molecular complexity index is 812. The molecule has 158 valence electrons. The Morgan fingerprint density at radius 2 is 1.66 bits per heavy atom. The summed E-state index contributed by atoms with van der Waals surface area (Å²) in [6, 6.07) is 4.18. The van der Waals surface area contributed by atoms with E-state index in [4.69, 9.17) is 4.74 Å². The number of allylic oxidation sites excluding steroid dienone is 6. The summed E-state index contributed by atoms with van der Waals surface area (Å²) in [7, 11) is 0. The molecule has 1 unspecified atom stereocenters. The number of halogens is 1. The minimum absolute atomic E-state index is 0.0392. The monoisotopic (exact) mass is 398 g/mol. The lowest BCUT2D eigenvalue weighted by Gasteiger charge is -2.34. The first-order valence-electron chi connectivity index (χ1n) is 10.6. The highest BCUT2D eigenvalue weighted by molar-refractivity contribution is 6.00. The number of hydrogen-bond donors (Lipinski definition) is 0. The SMILES string of the molecule is CC(C)=CCC/C(C)=C/CC/C(C)=C/CCC1(C)CC(=O)c2cc(F)ccc2O1. The van der Waals surface area contributed by atoms with E-state index >= 15 is 0 Å². The van der Waals surface area contributed by atoms with Gasteiger partial charge in [-0.3, -0.25) is 4.79 Å². The van der Waals surface area contributed by atoms with Crippen LogP contribution in [0.25, 0.3) is 0 Å². The standard InChI is InChI=1S/C26H35FO2/c1-19(2)9-6-10-20(3)11-7-12-21(4)13-8-16-26(5)18-24(28)23-17-22(27)14-15-25(23)29-26/h9,11,13-15,17H,6-8,10,12,16,18H2,1-5H3/b20-11+,21-13+. The fraction of sp³-hybridized carbons (Fsp3) is 0.500. The van der Waals surface area contributed by atoms with E-state index in [9.17, 15) is 9.18 Å². The zero-order valence-electron chi connectivity index (χ0n) is 18.6. The number of hydrogen-bond acceptors (Lipinski definition) is 2. The van der Waals surface area contributed by atoms with Crippen LogP contribution in [-0.2, 0) is 0 Å². The molecule has 1 aromatic carbocycles. The van der Waals surface area contributed by atoms with E-state index in [-0.39, 0.29) is 5.78 Å². The smallest absolute Gasteiger partial charge is 0.170 e. The first-order chi connectivity index (χ1) is 13.7. The number of ether oxygens (including phenoxy) is 1. The summed E-state index contributed by atoms with van der Waals surface area (Å²) >= 11 is 0. The molecule has 0 radical (unpaired) electrons.